The van der Waals surface area contributed by atoms with Gasteiger partial charge in [-0.15, -0.1) is 0 Å². The van der Waals surface area contributed by atoms with Gasteiger partial charge in [0.05, 0.1) is 0 Å². The molecule has 1 fully saturated rings. The minimum Gasteiger partial charge on any atom is -0.365 e. The molecule has 0 saturated carbocycles. The van der Waals surface area contributed by atoms with Crippen molar-refractivity contribution in [2.75, 3.05) is 13.2 Å². The summed E-state index contributed by atoms with van der Waals surface area (Å²) in [5, 5.41) is 2.94. The van der Waals surface area contributed by atoms with Crippen molar-refractivity contribution in [3.63, 3.8) is 0 Å². The van der Waals surface area contributed by atoms with Crippen LogP contribution in [0.25, 0.3) is 0 Å². The van der Waals surface area contributed by atoms with Crippen LogP contribution in [0.4, 0.5) is 0 Å². The van der Waals surface area contributed by atoms with Crippen molar-refractivity contribution >= 4 is 21.8 Å². The average molecular weight is 278 g/mol. The fourth-order valence-electron chi connectivity index (χ4n) is 1.57. The highest BCUT2D eigenvalue weighted by Crippen LogP contribution is 2.25. The molecule has 1 heterocycles. The zero-order chi connectivity index (χ0) is 11.5. The number of alkyl halides is 1. The minimum atomic E-state index is -0.594. The van der Waals surface area contributed by atoms with Gasteiger partial charge in [-0.3, -0.25) is 4.79 Å². The van der Waals surface area contributed by atoms with E-state index in [4.69, 9.17) is 4.74 Å². The van der Waals surface area contributed by atoms with Crippen LogP contribution in [0.15, 0.2) is 0 Å². The predicted molar refractivity (Wildman–Crippen MR) is 64.2 cm³/mol. The summed E-state index contributed by atoms with van der Waals surface area (Å²) in [7, 11) is 0. The number of carbonyl (C=O) groups is 1. The van der Waals surface area contributed by atoms with Crippen LogP contribution >= 0.6 is 15.9 Å². The van der Waals surface area contributed by atoms with E-state index in [0.717, 1.165) is 12.8 Å². The van der Waals surface area contributed by atoms with Crippen LogP contribution in [-0.4, -0.2) is 29.5 Å². The third-order valence-corrected chi connectivity index (χ3v) is 4.26. The molecule has 3 nitrogen and oxygen atoms in total. The highest BCUT2D eigenvalue weighted by molar-refractivity contribution is 9.09. The fraction of sp³-hybridized carbons (Fsp3) is 0.909. The van der Waals surface area contributed by atoms with E-state index in [1.54, 1.807) is 0 Å². The summed E-state index contributed by atoms with van der Waals surface area (Å²) >= 11 is 3.54. The van der Waals surface area contributed by atoms with E-state index in [9.17, 15) is 4.79 Å². The summed E-state index contributed by atoms with van der Waals surface area (Å²) in [6.45, 7) is 7.48. The van der Waals surface area contributed by atoms with E-state index in [1.165, 1.54) is 0 Å². The topological polar surface area (TPSA) is 38.3 Å². The van der Waals surface area contributed by atoms with Gasteiger partial charge in [-0.25, -0.2) is 0 Å². The number of rotatable bonds is 4. The van der Waals surface area contributed by atoms with Crippen molar-refractivity contribution in [2.24, 2.45) is 5.92 Å². The van der Waals surface area contributed by atoms with Crippen molar-refractivity contribution in [1.29, 1.82) is 0 Å². The molecule has 88 valence electrons. The largest absolute Gasteiger partial charge is 0.365 e. The van der Waals surface area contributed by atoms with Crippen LogP contribution in [0.3, 0.4) is 0 Å². The van der Waals surface area contributed by atoms with Crippen LogP contribution in [-0.2, 0) is 9.53 Å². The lowest BCUT2D eigenvalue weighted by molar-refractivity contribution is -0.139. The zero-order valence-corrected chi connectivity index (χ0v) is 11.3. The number of ether oxygens (including phenoxy) is 1. The Balaban J connectivity index is 2.35. The lowest BCUT2D eigenvalue weighted by Gasteiger charge is -2.23. The van der Waals surface area contributed by atoms with Gasteiger partial charge < -0.3 is 10.1 Å². The third kappa shape index (κ3) is 3.45. The van der Waals surface area contributed by atoms with E-state index >= 15 is 0 Å². The molecule has 4 heteroatoms. The molecule has 1 rings (SSSR count). The molecule has 1 saturated heterocycles. The summed E-state index contributed by atoms with van der Waals surface area (Å²) in [5.41, 5.74) is -0.594. The Kier molecular flexibility index (Phi) is 4.59. The maximum Gasteiger partial charge on any atom is 0.252 e. The summed E-state index contributed by atoms with van der Waals surface area (Å²) in [4.78, 5) is 12.2. The first-order valence-corrected chi connectivity index (χ1v) is 6.43. The minimum absolute atomic E-state index is 0.0186. The molecular formula is C11H20BrNO2. The molecule has 15 heavy (non-hydrogen) atoms. The van der Waals surface area contributed by atoms with E-state index in [1.807, 2.05) is 6.92 Å². The van der Waals surface area contributed by atoms with Crippen LogP contribution in [0.5, 0.6) is 0 Å². The van der Waals surface area contributed by atoms with Gasteiger partial charge in [0.15, 0.2) is 0 Å². The maximum atomic E-state index is 11.8. The van der Waals surface area contributed by atoms with Gasteiger partial charge in [0.1, 0.15) is 5.60 Å². The van der Waals surface area contributed by atoms with E-state index in [0.29, 0.717) is 23.9 Å². The lowest BCUT2D eigenvalue weighted by atomic mass is 10.0. The van der Waals surface area contributed by atoms with Gasteiger partial charge in [0.25, 0.3) is 5.91 Å². The summed E-state index contributed by atoms with van der Waals surface area (Å²) in [6.07, 6.45) is 1.80. The van der Waals surface area contributed by atoms with Crippen LogP contribution in [0.2, 0.25) is 0 Å². The SMILES string of the molecule is CC(C)C(Br)CNC(=O)C1(C)CCCO1. The molecule has 0 spiro atoms. The van der Waals surface area contributed by atoms with Crippen molar-refractivity contribution in [3.8, 4) is 0 Å². The number of halogens is 1. The fourth-order valence-corrected chi connectivity index (χ4v) is 1.73. The number of nitrogens with one attached hydrogen (secondary N) is 1. The second-order valence-electron chi connectivity index (χ2n) is 4.65. The van der Waals surface area contributed by atoms with Crippen molar-refractivity contribution in [1.82, 2.24) is 5.32 Å². The Morgan fingerprint density at radius 3 is 2.73 bits per heavy atom. The van der Waals surface area contributed by atoms with E-state index < -0.39 is 5.60 Å². The first kappa shape index (κ1) is 13.0. The summed E-state index contributed by atoms with van der Waals surface area (Å²) < 4.78 is 5.47. The number of carbonyl (C=O) groups excluding carboxylic acids is 1. The molecule has 1 aliphatic rings. The predicted octanol–water partition coefficient (Wildman–Crippen LogP) is 2.09. The van der Waals surface area contributed by atoms with Gasteiger partial charge in [-0.05, 0) is 25.7 Å². The third-order valence-electron chi connectivity index (χ3n) is 2.88. The molecule has 1 N–H and O–H groups in total. The molecule has 0 aliphatic carbocycles. The first-order chi connectivity index (χ1) is 6.96. The number of hydrogen-bond acceptors (Lipinski definition) is 2. The van der Waals surface area contributed by atoms with Crippen LogP contribution in [0, 0.1) is 5.92 Å². The van der Waals surface area contributed by atoms with Crippen molar-refractivity contribution < 1.29 is 9.53 Å². The molecule has 0 aromatic carbocycles. The van der Waals surface area contributed by atoms with Gasteiger partial charge in [0.2, 0.25) is 0 Å². The Bertz CT molecular complexity index is 225. The van der Waals surface area contributed by atoms with Crippen molar-refractivity contribution in [3.05, 3.63) is 0 Å². The standard InChI is InChI=1S/C11H20BrNO2/c1-8(2)9(12)7-13-10(14)11(3)5-4-6-15-11/h8-9H,4-7H2,1-3H3,(H,13,14). The smallest absolute Gasteiger partial charge is 0.252 e. The van der Waals surface area contributed by atoms with Gasteiger partial charge in [-0.2, -0.15) is 0 Å². The molecular weight excluding hydrogens is 258 g/mol. The first-order valence-electron chi connectivity index (χ1n) is 5.52. The lowest BCUT2D eigenvalue weighted by Crippen LogP contribution is -2.46. The molecule has 0 aromatic heterocycles. The zero-order valence-electron chi connectivity index (χ0n) is 9.68. The molecule has 1 amide bonds. The summed E-state index contributed by atoms with van der Waals surface area (Å²) in [5.74, 6) is 0.535. The Morgan fingerprint density at radius 1 is 1.60 bits per heavy atom. The Hall–Kier alpha value is -0.0900. The van der Waals surface area contributed by atoms with Crippen molar-refractivity contribution in [2.45, 2.75) is 44.0 Å². The highest BCUT2D eigenvalue weighted by atomic mass is 79.9. The normalized spacial score (nSPS) is 28.1. The molecule has 0 radical (unpaired) electrons. The molecule has 2 atom stereocenters. The molecule has 0 aromatic rings. The van der Waals surface area contributed by atoms with Gasteiger partial charge in [0, 0.05) is 18.0 Å². The van der Waals surface area contributed by atoms with E-state index in [2.05, 4.69) is 35.1 Å². The number of hydrogen-bond donors (Lipinski definition) is 1. The van der Waals surface area contributed by atoms with Gasteiger partial charge >= 0.3 is 0 Å². The van der Waals surface area contributed by atoms with E-state index in [-0.39, 0.29) is 5.91 Å². The quantitative estimate of drug-likeness (QED) is 0.800. The summed E-state index contributed by atoms with van der Waals surface area (Å²) in [6, 6.07) is 0. The molecule has 0 bridgehead atoms. The van der Waals surface area contributed by atoms with Gasteiger partial charge in [-0.1, -0.05) is 29.8 Å². The number of amides is 1. The van der Waals surface area contributed by atoms with Crippen LogP contribution in [0.1, 0.15) is 33.6 Å². The second-order valence-corrected chi connectivity index (χ2v) is 5.83. The monoisotopic (exact) mass is 277 g/mol. The Morgan fingerprint density at radius 2 is 2.27 bits per heavy atom. The Labute approximate surface area is 100 Å². The second kappa shape index (κ2) is 5.30. The molecule has 2 unspecified atom stereocenters. The van der Waals surface area contributed by atoms with Crippen LogP contribution < -0.4 is 5.32 Å². The molecule has 1 aliphatic heterocycles. The maximum absolute atomic E-state index is 11.8. The highest BCUT2D eigenvalue weighted by Gasteiger charge is 2.37. The average Bonchev–Trinajstić information content (AvgIpc) is 2.62.